The number of imidazole rings is 1. The van der Waals surface area contributed by atoms with Gasteiger partial charge in [0, 0.05) is 21.7 Å². The van der Waals surface area contributed by atoms with Gasteiger partial charge in [0.2, 0.25) is 5.95 Å². The van der Waals surface area contributed by atoms with Crippen LogP contribution in [0.5, 0.6) is 0 Å². The Kier molecular flexibility index (Phi) is 4.97. The summed E-state index contributed by atoms with van der Waals surface area (Å²) in [4.78, 5) is 19.5. The molecule has 1 aromatic carbocycles. The molecular weight excluding hydrogens is 373 g/mol. The van der Waals surface area contributed by atoms with Gasteiger partial charge in [-0.3, -0.25) is 5.32 Å². The van der Waals surface area contributed by atoms with Crippen LogP contribution in [0.25, 0.3) is 0 Å². The molecule has 0 spiro atoms. The summed E-state index contributed by atoms with van der Waals surface area (Å²) in [6.07, 6.45) is -0.710. The number of halogens is 2. The molecular formula is C19H23Cl2N3O2. The number of nitrogens with one attached hydrogen (secondary N) is 2. The van der Waals surface area contributed by atoms with Crippen molar-refractivity contribution in [3.8, 4) is 0 Å². The Morgan fingerprint density at radius 2 is 1.85 bits per heavy atom. The Bertz CT molecular complexity index is 825. The van der Waals surface area contributed by atoms with Gasteiger partial charge in [0.25, 0.3) is 0 Å². The third kappa shape index (κ3) is 3.69. The van der Waals surface area contributed by atoms with Crippen LogP contribution in [-0.4, -0.2) is 22.2 Å². The summed E-state index contributed by atoms with van der Waals surface area (Å²) in [5.41, 5.74) is 2.99. The fourth-order valence-corrected chi connectivity index (χ4v) is 4.24. The van der Waals surface area contributed by atoms with Gasteiger partial charge in [-0.1, -0.05) is 37.0 Å². The van der Waals surface area contributed by atoms with Crippen LogP contribution < -0.4 is 5.32 Å². The minimum Gasteiger partial charge on any atom is -0.447 e. The van der Waals surface area contributed by atoms with Crippen molar-refractivity contribution >= 4 is 35.2 Å². The van der Waals surface area contributed by atoms with Gasteiger partial charge in [-0.2, -0.15) is 0 Å². The number of aromatic amines is 1. The number of aromatic nitrogens is 2. The van der Waals surface area contributed by atoms with E-state index in [4.69, 9.17) is 27.9 Å². The maximum Gasteiger partial charge on any atom is 0.414 e. The molecule has 2 atom stereocenters. The van der Waals surface area contributed by atoms with E-state index in [9.17, 15) is 4.79 Å². The maximum atomic E-state index is 11.8. The Labute approximate surface area is 163 Å². The predicted octanol–water partition coefficient (Wildman–Crippen LogP) is 5.89. The summed E-state index contributed by atoms with van der Waals surface area (Å²) in [5, 5.41) is 3.91. The van der Waals surface area contributed by atoms with E-state index in [0.717, 1.165) is 17.0 Å². The van der Waals surface area contributed by atoms with Crippen molar-refractivity contribution in [1.82, 2.24) is 9.97 Å². The number of rotatable bonds is 4. The topological polar surface area (TPSA) is 67.0 Å². The minimum atomic E-state index is -0.520. The highest BCUT2D eigenvalue weighted by molar-refractivity contribution is 6.34. The second-order valence-electron chi connectivity index (χ2n) is 7.65. The molecule has 5 nitrogen and oxygen atoms in total. The number of anilines is 1. The number of amides is 1. The molecule has 1 fully saturated rings. The molecule has 140 valence electrons. The number of carbonyl (C=O) groups excluding carboxylic acids is 1. The van der Waals surface area contributed by atoms with Gasteiger partial charge in [0.05, 0.1) is 11.8 Å². The molecule has 0 aliphatic heterocycles. The Morgan fingerprint density at radius 3 is 2.42 bits per heavy atom. The summed E-state index contributed by atoms with van der Waals surface area (Å²) < 4.78 is 5.10. The van der Waals surface area contributed by atoms with Crippen LogP contribution in [0.15, 0.2) is 18.2 Å². The molecule has 1 aliphatic rings. The van der Waals surface area contributed by atoms with Crippen molar-refractivity contribution in [2.45, 2.75) is 52.6 Å². The van der Waals surface area contributed by atoms with Crippen molar-refractivity contribution in [3.05, 3.63) is 45.2 Å². The second kappa shape index (κ2) is 6.78. The molecule has 7 heteroatoms. The summed E-state index contributed by atoms with van der Waals surface area (Å²) in [6.45, 7) is 9.95. The van der Waals surface area contributed by atoms with Crippen LogP contribution in [0.2, 0.25) is 10.0 Å². The summed E-state index contributed by atoms with van der Waals surface area (Å²) in [6, 6.07) is 5.65. The molecule has 26 heavy (non-hydrogen) atoms. The lowest BCUT2D eigenvalue weighted by atomic mass is 10.0. The van der Waals surface area contributed by atoms with E-state index in [0.29, 0.717) is 16.0 Å². The van der Waals surface area contributed by atoms with Crippen LogP contribution in [0.1, 0.15) is 56.5 Å². The first-order chi connectivity index (χ1) is 12.1. The van der Waals surface area contributed by atoms with Crippen LogP contribution in [0.4, 0.5) is 10.7 Å². The summed E-state index contributed by atoms with van der Waals surface area (Å²) in [7, 11) is 0. The lowest BCUT2D eigenvalue weighted by Crippen LogP contribution is -2.18. The quantitative estimate of drug-likeness (QED) is 0.677. The maximum absolute atomic E-state index is 11.8. The van der Waals surface area contributed by atoms with E-state index in [-0.39, 0.29) is 23.4 Å². The molecule has 1 amide bonds. The number of carbonyl (C=O) groups is 1. The van der Waals surface area contributed by atoms with Crippen LogP contribution in [0, 0.1) is 12.3 Å². The fourth-order valence-electron chi connectivity index (χ4n) is 3.70. The van der Waals surface area contributed by atoms with Crippen molar-refractivity contribution in [1.29, 1.82) is 0 Å². The zero-order valence-electron chi connectivity index (χ0n) is 15.5. The van der Waals surface area contributed by atoms with E-state index in [1.54, 1.807) is 19.9 Å². The molecule has 1 saturated carbocycles. The molecule has 1 heterocycles. The van der Waals surface area contributed by atoms with Crippen molar-refractivity contribution in [2.75, 3.05) is 5.32 Å². The number of ether oxygens (including phenoxy) is 1. The monoisotopic (exact) mass is 395 g/mol. The smallest absolute Gasteiger partial charge is 0.414 e. The standard InChI is InChI=1S/C19H23Cl2N3O2/c1-9(2)26-18(25)24-17-22-10(3)16(23-17)15-14(19(15,4)5)11-6-12(20)8-13(21)7-11/h6-9,14-15H,1-5H3,(H2,22,23,24,25). The molecule has 1 aromatic heterocycles. The van der Waals surface area contributed by atoms with E-state index < -0.39 is 6.09 Å². The number of nitrogens with zero attached hydrogens (tertiary/aromatic N) is 1. The average molecular weight is 396 g/mol. The first kappa shape index (κ1) is 19.1. The Balaban J connectivity index is 1.84. The molecule has 2 aromatic rings. The number of H-pyrrole nitrogens is 1. The lowest BCUT2D eigenvalue weighted by Gasteiger charge is -2.07. The van der Waals surface area contributed by atoms with Crippen LogP contribution in [0.3, 0.4) is 0 Å². The van der Waals surface area contributed by atoms with E-state index >= 15 is 0 Å². The van der Waals surface area contributed by atoms with Gasteiger partial charge in [0.1, 0.15) is 0 Å². The fraction of sp³-hybridized carbons (Fsp3) is 0.474. The zero-order chi connectivity index (χ0) is 19.2. The number of benzene rings is 1. The normalized spacial score (nSPS) is 20.9. The third-order valence-electron chi connectivity index (χ3n) is 4.85. The second-order valence-corrected chi connectivity index (χ2v) is 8.53. The number of hydrogen-bond donors (Lipinski definition) is 2. The first-order valence-electron chi connectivity index (χ1n) is 8.59. The highest BCUT2D eigenvalue weighted by atomic mass is 35.5. The minimum absolute atomic E-state index is 0.0175. The largest absolute Gasteiger partial charge is 0.447 e. The molecule has 2 N–H and O–H groups in total. The van der Waals surface area contributed by atoms with Crippen LogP contribution >= 0.6 is 23.2 Å². The highest BCUT2D eigenvalue weighted by Gasteiger charge is 2.60. The Morgan fingerprint density at radius 1 is 1.23 bits per heavy atom. The van der Waals surface area contributed by atoms with Crippen molar-refractivity contribution in [2.24, 2.45) is 5.41 Å². The molecule has 0 saturated heterocycles. The highest BCUT2D eigenvalue weighted by Crippen LogP contribution is 2.70. The predicted molar refractivity (Wildman–Crippen MR) is 104 cm³/mol. The van der Waals surface area contributed by atoms with Gasteiger partial charge in [-0.05, 0) is 55.9 Å². The summed E-state index contributed by atoms with van der Waals surface area (Å²) >= 11 is 12.4. The summed E-state index contributed by atoms with van der Waals surface area (Å²) in [5.74, 6) is 0.870. The lowest BCUT2D eigenvalue weighted by molar-refractivity contribution is 0.129. The molecule has 0 radical (unpaired) electrons. The van der Waals surface area contributed by atoms with Gasteiger partial charge in [-0.25, -0.2) is 9.78 Å². The molecule has 3 rings (SSSR count). The average Bonchev–Trinajstić information content (AvgIpc) is 2.85. The third-order valence-corrected chi connectivity index (χ3v) is 5.29. The number of hydrogen-bond acceptors (Lipinski definition) is 3. The van der Waals surface area contributed by atoms with Gasteiger partial charge < -0.3 is 9.72 Å². The van der Waals surface area contributed by atoms with E-state index in [1.165, 1.54) is 0 Å². The van der Waals surface area contributed by atoms with Crippen LogP contribution in [-0.2, 0) is 4.74 Å². The first-order valence-corrected chi connectivity index (χ1v) is 9.35. The molecule has 1 aliphatic carbocycles. The molecule has 2 unspecified atom stereocenters. The molecule has 0 bridgehead atoms. The van der Waals surface area contributed by atoms with E-state index in [2.05, 4.69) is 29.1 Å². The zero-order valence-corrected chi connectivity index (χ0v) is 17.0. The van der Waals surface area contributed by atoms with Gasteiger partial charge in [-0.15, -0.1) is 0 Å². The Hall–Kier alpha value is -1.72. The van der Waals surface area contributed by atoms with Gasteiger partial charge in [0.15, 0.2) is 0 Å². The van der Waals surface area contributed by atoms with E-state index in [1.807, 2.05) is 19.1 Å². The number of aryl methyl sites for hydroxylation is 1. The SMILES string of the molecule is Cc1[nH]c(NC(=O)OC(C)C)nc1C1C(c2cc(Cl)cc(Cl)c2)C1(C)C. The van der Waals surface area contributed by atoms with Crippen molar-refractivity contribution < 1.29 is 9.53 Å². The van der Waals surface area contributed by atoms with Gasteiger partial charge >= 0.3 is 6.09 Å². The van der Waals surface area contributed by atoms with Crippen molar-refractivity contribution in [3.63, 3.8) is 0 Å².